The smallest absolute Gasteiger partial charge is 0.177 e. The number of carbonyl (C=O) groups excluding carboxylic acids is 1. The molecule has 1 aliphatic heterocycles. The van der Waals surface area contributed by atoms with Crippen molar-refractivity contribution in [2.75, 3.05) is 44.5 Å². The number of carbonyl (C=O) groups is 1. The fourth-order valence-electron chi connectivity index (χ4n) is 4.50. The van der Waals surface area contributed by atoms with E-state index in [0.717, 1.165) is 12.8 Å². The molecule has 200 valence electrons. The van der Waals surface area contributed by atoms with Crippen LogP contribution in [0, 0.1) is 23.5 Å². The highest BCUT2D eigenvalue weighted by Crippen LogP contribution is 2.39. The number of hydrogen-bond donors (Lipinski definition) is 2. The first-order valence-corrected chi connectivity index (χ1v) is 12.2. The van der Waals surface area contributed by atoms with Crippen molar-refractivity contribution in [3.8, 4) is 22.8 Å². The molecule has 10 heteroatoms. The Morgan fingerprint density at radius 1 is 1.21 bits per heavy atom. The number of benzene rings is 1. The quantitative estimate of drug-likeness (QED) is 0.335. The highest BCUT2D eigenvalue weighted by atomic mass is 19.1. The van der Waals surface area contributed by atoms with E-state index in [1.807, 2.05) is 0 Å². The van der Waals surface area contributed by atoms with Crippen molar-refractivity contribution >= 4 is 28.2 Å². The largest absolute Gasteiger partial charge is 0.494 e. The summed E-state index contributed by atoms with van der Waals surface area (Å²) in [4.78, 5) is 20.9. The molecule has 2 atom stereocenters. The highest BCUT2D eigenvalue weighted by molar-refractivity contribution is 5.96. The van der Waals surface area contributed by atoms with Gasteiger partial charge in [-0.3, -0.25) is 4.79 Å². The second-order valence-corrected chi connectivity index (χ2v) is 9.47. The van der Waals surface area contributed by atoms with Crippen LogP contribution in [-0.2, 0) is 9.53 Å². The molecule has 0 bridgehead atoms. The fourth-order valence-corrected chi connectivity index (χ4v) is 4.50. The summed E-state index contributed by atoms with van der Waals surface area (Å²) in [6.45, 7) is 4.83. The van der Waals surface area contributed by atoms with E-state index in [9.17, 15) is 4.79 Å². The van der Waals surface area contributed by atoms with E-state index in [4.69, 9.17) is 22.4 Å². The van der Waals surface area contributed by atoms with E-state index in [0.29, 0.717) is 48.3 Å². The number of allylic oxidation sites excluding steroid dienone is 1. The Kier molecular flexibility index (Phi) is 5.54. The lowest BCUT2D eigenvalue weighted by Gasteiger charge is -2.19. The first-order chi connectivity index (χ1) is 20.7. The Balaban J connectivity index is 1.58. The minimum atomic E-state index is -3.13. The maximum absolute atomic E-state index is 15.7. The van der Waals surface area contributed by atoms with Crippen molar-refractivity contribution in [2.45, 2.75) is 25.3 Å². The van der Waals surface area contributed by atoms with E-state index in [2.05, 4.69) is 27.2 Å². The zero-order valence-corrected chi connectivity index (χ0v) is 20.4. The summed E-state index contributed by atoms with van der Waals surface area (Å²) >= 11 is 0. The average Bonchev–Trinajstić information content (AvgIpc) is 3.67. The predicted molar refractivity (Wildman–Crippen MR) is 141 cm³/mol. The van der Waals surface area contributed by atoms with Crippen LogP contribution < -0.4 is 20.1 Å². The number of ketones is 1. The molecule has 3 aromatic rings. The molecule has 1 saturated heterocycles. The van der Waals surface area contributed by atoms with Crippen LogP contribution in [0.4, 0.5) is 20.4 Å². The van der Waals surface area contributed by atoms with Crippen molar-refractivity contribution in [3.63, 3.8) is 0 Å². The molecule has 1 saturated carbocycles. The van der Waals surface area contributed by atoms with Crippen molar-refractivity contribution in [1.82, 2.24) is 9.97 Å². The molecule has 2 aliphatic rings. The zero-order chi connectivity index (χ0) is 31.8. The second-order valence-electron chi connectivity index (χ2n) is 9.47. The van der Waals surface area contributed by atoms with Crippen LogP contribution in [0.1, 0.15) is 27.5 Å². The topological polar surface area (TPSA) is 94.6 Å². The number of pyridine rings is 2. The molecule has 1 aromatic carbocycles. The van der Waals surface area contributed by atoms with Crippen LogP contribution in [0.2, 0.25) is 0 Å². The maximum atomic E-state index is 15.7. The number of rotatable bonds is 11. The summed E-state index contributed by atoms with van der Waals surface area (Å²) in [5, 5.41) is 7.53. The van der Waals surface area contributed by atoms with Crippen molar-refractivity contribution in [2.24, 2.45) is 11.8 Å². The molecule has 0 radical (unpaired) electrons. The predicted octanol–water partition coefficient (Wildman–Crippen LogP) is 4.99. The lowest BCUT2D eigenvalue weighted by Crippen LogP contribution is -2.29. The summed E-state index contributed by atoms with van der Waals surface area (Å²) in [5.74, 6) is -3.71. The molecule has 0 unspecified atom stereocenters. The van der Waals surface area contributed by atoms with Gasteiger partial charge in [0, 0.05) is 41.9 Å². The Morgan fingerprint density at radius 3 is 2.66 bits per heavy atom. The molecule has 0 spiro atoms. The highest BCUT2D eigenvalue weighted by Gasteiger charge is 2.30. The molecule has 2 aromatic heterocycles. The molecule has 5 rings (SSSR count). The first-order valence-electron chi connectivity index (χ1n) is 15.2. The van der Waals surface area contributed by atoms with Gasteiger partial charge in [0.1, 0.15) is 11.6 Å². The normalized spacial score (nSPS) is 21.8. The van der Waals surface area contributed by atoms with Gasteiger partial charge in [-0.1, -0.05) is 6.58 Å². The Labute approximate surface area is 227 Å². The van der Waals surface area contributed by atoms with Gasteiger partial charge >= 0.3 is 0 Å². The number of ether oxygens (including phenoxy) is 3. The average molecular weight is 531 g/mol. The van der Waals surface area contributed by atoms with Gasteiger partial charge in [-0.25, -0.2) is 18.7 Å². The minimum Gasteiger partial charge on any atom is -0.494 e. The SMILES string of the molecule is [2H]C([2H])([2H])Oc1cc(OC([2H])([2H])[2H])c(F)c(-c2cc3cnc(N[C@@H]4COC[C@@H]4CC(=O)C=C)cc3c(NCC3CC3)n2)c1F. The number of halogens is 2. The van der Waals surface area contributed by atoms with Gasteiger partial charge in [-0.05, 0) is 37.0 Å². The number of methoxy groups -OCH3 is 2. The Hall–Kier alpha value is -3.79. The van der Waals surface area contributed by atoms with Gasteiger partial charge in [0.05, 0.1) is 52.8 Å². The van der Waals surface area contributed by atoms with Gasteiger partial charge in [-0.2, -0.15) is 0 Å². The molecular formula is C28H30F2N4O4. The minimum absolute atomic E-state index is 0.0902. The summed E-state index contributed by atoms with van der Waals surface area (Å²) in [5.41, 5.74) is -1.10. The third-order valence-electron chi connectivity index (χ3n) is 6.80. The lowest BCUT2D eigenvalue weighted by atomic mass is 9.97. The number of fused-ring (bicyclic) bond motifs is 1. The third-order valence-corrected chi connectivity index (χ3v) is 6.80. The molecular weight excluding hydrogens is 494 g/mol. The Bertz CT molecular complexity index is 1540. The number of hydrogen-bond acceptors (Lipinski definition) is 8. The fraction of sp³-hybridized carbons (Fsp3) is 0.393. The monoisotopic (exact) mass is 530 g/mol. The van der Waals surface area contributed by atoms with E-state index in [-0.39, 0.29) is 35.7 Å². The maximum Gasteiger partial charge on any atom is 0.177 e. The summed E-state index contributed by atoms with van der Waals surface area (Å²) in [6, 6.07) is 3.41. The lowest BCUT2D eigenvalue weighted by molar-refractivity contribution is -0.115. The molecule has 3 heterocycles. The molecule has 38 heavy (non-hydrogen) atoms. The summed E-state index contributed by atoms with van der Waals surface area (Å²) < 4.78 is 90.7. The number of anilines is 2. The van der Waals surface area contributed by atoms with Crippen LogP contribution >= 0.6 is 0 Å². The van der Waals surface area contributed by atoms with Crippen molar-refractivity contribution in [3.05, 3.63) is 48.7 Å². The molecule has 2 N–H and O–H groups in total. The van der Waals surface area contributed by atoms with E-state index >= 15 is 8.78 Å². The zero-order valence-electron chi connectivity index (χ0n) is 26.4. The molecule has 2 fully saturated rings. The van der Waals surface area contributed by atoms with Crippen LogP contribution in [0.5, 0.6) is 11.5 Å². The third kappa shape index (κ3) is 5.26. The van der Waals surface area contributed by atoms with Gasteiger partial charge < -0.3 is 24.8 Å². The Morgan fingerprint density at radius 2 is 1.97 bits per heavy atom. The first kappa shape index (κ1) is 19.3. The van der Waals surface area contributed by atoms with Gasteiger partial charge in [0.25, 0.3) is 0 Å². The number of nitrogens with one attached hydrogen (secondary N) is 2. The van der Waals surface area contributed by atoms with Crippen LogP contribution in [0.25, 0.3) is 22.0 Å². The van der Waals surface area contributed by atoms with E-state index < -0.39 is 42.8 Å². The van der Waals surface area contributed by atoms with Crippen LogP contribution in [0.3, 0.4) is 0 Å². The summed E-state index contributed by atoms with van der Waals surface area (Å²) in [6.07, 6.45) is 5.05. The van der Waals surface area contributed by atoms with Gasteiger partial charge in [0.15, 0.2) is 28.9 Å². The number of nitrogens with zero attached hydrogens (tertiary/aromatic N) is 2. The van der Waals surface area contributed by atoms with Crippen molar-refractivity contribution in [1.29, 1.82) is 0 Å². The molecule has 1 aliphatic carbocycles. The van der Waals surface area contributed by atoms with Gasteiger partial charge in [-0.15, -0.1) is 0 Å². The molecule has 8 nitrogen and oxygen atoms in total. The summed E-state index contributed by atoms with van der Waals surface area (Å²) in [7, 11) is -6.26. The van der Waals surface area contributed by atoms with Crippen LogP contribution in [-0.4, -0.2) is 55.6 Å². The number of aromatic nitrogens is 2. The van der Waals surface area contributed by atoms with E-state index in [1.54, 1.807) is 6.07 Å². The van der Waals surface area contributed by atoms with Gasteiger partial charge in [0.2, 0.25) is 0 Å². The van der Waals surface area contributed by atoms with Crippen LogP contribution in [0.15, 0.2) is 37.1 Å². The van der Waals surface area contributed by atoms with Crippen molar-refractivity contribution < 1.29 is 36.0 Å². The standard InChI is InChI=1S/C28H30F2N4O4/c1-4-18(35)7-17-13-38-14-21(17)33-24-9-19-16(12-31-24)8-20(34-28(19)32-11-15-5-6-15)25-26(29)22(36-2)10-23(37-3)27(25)30/h4,8-10,12,15,17,21H,1,5-7,11,13-14H2,2-3H3,(H,31,33)(H,32,34)/t17-,21+/m0/s1/i2D3,3D3. The van der Waals surface area contributed by atoms with E-state index in [1.165, 1.54) is 18.3 Å². The molecule has 0 amide bonds. The second kappa shape index (κ2) is 10.9.